The van der Waals surface area contributed by atoms with Crippen LogP contribution in [0.5, 0.6) is 0 Å². The molecule has 40 heavy (non-hydrogen) atoms. The van der Waals surface area contributed by atoms with Crippen molar-refractivity contribution in [1.82, 2.24) is 9.97 Å². The molecule has 0 saturated carbocycles. The largest absolute Gasteiger partial charge is 0.352 e. The van der Waals surface area contributed by atoms with Gasteiger partial charge in [-0.25, -0.2) is 0 Å². The molecule has 8 heteroatoms. The Morgan fingerprint density at radius 1 is 0.675 bits per heavy atom. The van der Waals surface area contributed by atoms with E-state index in [1.165, 1.54) is 10.1 Å². The van der Waals surface area contributed by atoms with Gasteiger partial charge in [-0.1, -0.05) is 27.7 Å². The van der Waals surface area contributed by atoms with Gasteiger partial charge in [0.1, 0.15) is 0 Å². The molecule has 0 amide bonds. The topological polar surface area (TPSA) is 90.4 Å². The van der Waals surface area contributed by atoms with Crippen LogP contribution in [0.2, 0.25) is 0 Å². The molecule has 0 unspecified atom stereocenters. The third-order valence-corrected chi connectivity index (χ3v) is 10.4. The van der Waals surface area contributed by atoms with Crippen LogP contribution in [0.15, 0.2) is 21.4 Å². The summed E-state index contributed by atoms with van der Waals surface area (Å²) in [6.07, 6.45) is 7.82. The highest BCUT2D eigenvalue weighted by Crippen LogP contribution is 2.43. The highest BCUT2D eigenvalue weighted by molar-refractivity contribution is 8.13. The SMILES string of the molecule is CSC1=N/C(=C(/C)c2[nH]c(C=O)c(C)c2C)CC1(C)C.CSC1=N/C(=C(/C)c2[nH]c(C=O)c(C)c2C)CC1(C)C. The molecule has 0 saturated heterocycles. The molecule has 0 aromatic carbocycles. The Kier molecular flexibility index (Phi) is 9.67. The summed E-state index contributed by atoms with van der Waals surface area (Å²) in [4.78, 5) is 38.2. The summed E-state index contributed by atoms with van der Waals surface area (Å²) in [5, 5.41) is 2.37. The first kappa shape index (κ1) is 31.9. The summed E-state index contributed by atoms with van der Waals surface area (Å²) >= 11 is 3.44. The number of carbonyl (C=O) groups is 2. The molecule has 4 rings (SSSR count). The Balaban J connectivity index is 0.000000220. The van der Waals surface area contributed by atoms with E-state index in [1.807, 2.05) is 13.8 Å². The van der Waals surface area contributed by atoms with Gasteiger partial charge < -0.3 is 9.97 Å². The second-order valence-electron chi connectivity index (χ2n) is 12.1. The number of hydrogen-bond acceptors (Lipinski definition) is 6. The number of rotatable bonds is 4. The zero-order chi connectivity index (χ0) is 30.2. The number of nitrogens with one attached hydrogen (secondary N) is 2. The van der Waals surface area contributed by atoms with Crippen LogP contribution in [0.4, 0.5) is 0 Å². The number of carbonyl (C=O) groups excluding carboxylic acids is 2. The normalized spacial score (nSPS) is 20.0. The average molecular weight is 581 g/mol. The van der Waals surface area contributed by atoms with Crippen molar-refractivity contribution >= 4 is 57.3 Å². The van der Waals surface area contributed by atoms with E-state index in [-0.39, 0.29) is 10.8 Å². The quantitative estimate of drug-likeness (QED) is 0.354. The van der Waals surface area contributed by atoms with Crippen LogP contribution in [0.3, 0.4) is 0 Å². The summed E-state index contributed by atoms with van der Waals surface area (Å²) in [6, 6.07) is 0. The first-order valence-corrected chi connectivity index (χ1v) is 16.0. The van der Waals surface area contributed by atoms with E-state index in [1.54, 1.807) is 23.5 Å². The molecule has 0 atom stereocenters. The Bertz CT molecular complexity index is 1350. The predicted octanol–water partition coefficient (Wildman–Crippen LogP) is 8.73. The monoisotopic (exact) mass is 580 g/mol. The van der Waals surface area contributed by atoms with Crippen LogP contribution < -0.4 is 0 Å². The number of hydrogen-bond donors (Lipinski definition) is 2. The van der Waals surface area contributed by atoms with Gasteiger partial charge >= 0.3 is 0 Å². The van der Waals surface area contributed by atoms with E-state index in [9.17, 15) is 9.59 Å². The zero-order valence-corrected chi connectivity index (χ0v) is 27.7. The third kappa shape index (κ3) is 6.03. The first-order chi connectivity index (χ1) is 18.6. The minimum absolute atomic E-state index is 0.110. The van der Waals surface area contributed by atoms with E-state index in [0.717, 1.165) is 81.6 Å². The maximum Gasteiger partial charge on any atom is 0.166 e. The molecule has 2 aromatic rings. The van der Waals surface area contributed by atoms with E-state index < -0.39 is 0 Å². The lowest BCUT2D eigenvalue weighted by Crippen LogP contribution is -2.15. The number of aliphatic imine (C=N–C) groups is 2. The van der Waals surface area contributed by atoms with E-state index in [4.69, 9.17) is 9.98 Å². The van der Waals surface area contributed by atoms with Crippen molar-refractivity contribution in [1.29, 1.82) is 0 Å². The van der Waals surface area contributed by atoms with Crippen LogP contribution in [0, 0.1) is 38.5 Å². The number of thioether (sulfide) groups is 2. The Morgan fingerprint density at radius 3 is 1.23 bits per heavy atom. The Hall–Kier alpha value is -2.58. The van der Waals surface area contributed by atoms with E-state index in [2.05, 4.69) is 77.9 Å². The number of aldehydes is 2. The van der Waals surface area contributed by atoms with Crippen molar-refractivity contribution in [3.8, 4) is 0 Å². The van der Waals surface area contributed by atoms with Crippen LogP contribution in [0.1, 0.15) is 109 Å². The van der Waals surface area contributed by atoms with Gasteiger partial charge in [0.25, 0.3) is 0 Å². The molecule has 0 fully saturated rings. The summed E-state index contributed by atoms with van der Waals surface area (Å²) in [7, 11) is 0. The minimum Gasteiger partial charge on any atom is -0.352 e. The molecule has 0 aliphatic carbocycles. The fourth-order valence-electron chi connectivity index (χ4n) is 5.39. The average Bonchev–Trinajstić information content (AvgIpc) is 3.59. The fraction of sp³-hybridized carbons (Fsp3) is 0.500. The van der Waals surface area contributed by atoms with Crippen LogP contribution in [-0.2, 0) is 0 Å². The predicted molar refractivity (Wildman–Crippen MR) is 175 cm³/mol. The number of H-pyrrole nitrogens is 2. The highest BCUT2D eigenvalue weighted by atomic mass is 32.2. The molecule has 216 valence electrons. The summed E-state index contributed by atoms with van der Waals surface area (Å²) in [6.45, 7) is 21.2. The highest BCUT2D eigenvalue weighted by Gasteiger charge is 2.34. The molecule has 2 aliphatic rings. The Morgan fingerprint density at radius 2 is 1.00 bits per heavy atom. The molecular formula is C32H44N4O2S2. The fourth-order valence-corrected chi connectivity index (χ4v) is 7.04. The first-order valence-electron chi connectivity index (χ1n) is 13.6. The van der Waals surface area contributed by atoms with Crippen molar-refractivity contribution in [3.05, 3.63) is 56.4 Å². The molecule has 0 spiro atoms. The molecular weight excluding hydrogens is 537 g/mol. The van der Waals surface area contributed by atoms with Gasteiger partial charge in [0, 0.05) is 46.5 Å². The lowest BCUT2D eigenvalue weighted by Gasteiger charge is -2.17. The van der Waals surface area contributed by atoms with Crippen LogP contribution in [-0.4, -0.2) is 45.1 Å². The van der Waals surface area contributed by atoms with Gasteiger partial charge in [-0.2, -0.15) is 0 Å². The van der Waals surface area contributed by atoms with Gasteiger partial charge in [-0.05, 0) is 87.5 Å². The van der Waals surface area contributed by atoms with Crippen LogP contribution >= 0.6 is 23.5 Å². The number of aromatic amines is 2. The van der Waals surface area contributed by atoms with E-state index in [0.29, 0.717) is 11.4 Å². The molecule has 2 N–H and O–H groups in total. The lowest BCUT2D eigenvalue weighted by molar-refractivity contribution is 0.111. The lowest BCUT2D eigenvalue weighted by atomic mass is 9.90. The van der Waals surface area contributed by atoms with Gasteiger partial charge in [-0.15, -0.1) is 23.5 Å². The molecule has 6 nitrogen and oxygen atoms in total. The van der Waals surface area contributed by atoms with Crippen molar-refractivity contribution in [3.63, 3.8) is 0 Å². The Labute approximate surface area is 248 Å². The second-order valence-corrected chi connectivity index (χ2v) is 13.7. The molecule has 0 radical (unpaired) electrons. The van der Waals surface area contributed by atoms with E-state index >= 15 is 0 Å². The van der Waals surface area contributed by atoms with Crippen molar-refractivity contribution in [2.24, 2.45) is 20.8 Å². The molecule has 0 bridgehead atoms. The molecule has 2 aliphatic heterocycles. The molecule has 2 aromatic heterocycles. The summed E-state index contributed by atoms with van der Waals surface area (Å²) in [5.74, 6) is 0. The van der Waals surface area contributed by atoms with Crippen LogP contribution in [0.25, 0.3) is 11.1 Å². The van der Waals surface area contributed by atoms with Gasteiger partial charge in [0.2, 0.25) is 0 Å². The molecule has 4 heterocycles. The summed E-state index contributed by atoms with van der Waals surface area (Å²) < 4.78 is 0. The third-order valence-electron chi connectivity index (χ3n) is 8.29. The summed E-state index contributed by atoms with van der Waals surface area (Å²) in [5.41, 5.74) is 12.5. The smallest absolute Gasteiger partial charge is 0.166 e. The maximum atomic E-state index is 11.1. The number of allylic oxidation sites excluding steroid dienone is 4. The standard InChI is InChI=1S/2C16H22N2OS/c2*1-9-10(2)14(17-13(9)8-19)11(3)12-7-16(4,5)15(18-12)20-6/h2*8,17H,7H2,1-6H3/b2*12-11-. The maximum absolute atomic E-state index is 11.1. The second kappa shape index (κ2) is 12.1. The van der Waals surface area contributed by atoms with Gasteiger partial charge in [-0.3, -0.25) is 19.6 Å². The van der Waals surface area contributed by atoms with Crippen molar-refractivity contribution < 1.29 is 9.59 Å². The van der Waals surface area contributed by atoms with Crippen molar-refractivity contribution in [2.75, 3.05) is 12.5 Å². The number of aromatic nitrogens is 2. The van der Waals surface area contributed by atoms with Crippen molar-refractivity contribution in [2.45, 2.75) is 82.1 Å². The van der Waals surface area contributed by atoms with Gasteiger partial charge in [0.15, 0.2) is 12.6 Å². The minimum atomic E-state index is 0.110. The zero-order valence-electron chi connectivity index (χ0n) is 26.1. The number of nitrogens with zero attached hydrogens (tertiary/aromatic N) is 2. The van der Waals surface area contributed by atoms with Gasteiger partial charge in [0.05, 0.1) is 21.5 Å².